The van der Waals surface area contributed by atoms with Gasteiger partial charge in [0.2, 0.25) is 5.91 Å². The molecular formula is C35H28N2O5. The molecule has 0 bridgehead atoms. The van der Waals surface area contributed by atoms with E-state index in [1.165, 1.54) is 14.2 Å². The first-order valence-corrected chi connectivity index (χ1v) is 13.8. The number of amides is 1. The molecule has 42 heavy (non-hydrogen) atoms. The van der Waals surface area contributed by atoms with E-state index in [9.17, 15) is 14.4 Å². The first-order valence-electron chi connectivity index (χ1n) is 13.8. The van der Waals surface area contributed by atoms with Crippen LogP contribution in [-0.2, 0) is 10.2 Å². The van der Waals surface area contributed by atoms with Crippen LogP contribution in [0.25, 0.3) is 6.08 Å². The third kappa shape index (κ3) is 3.49. The van der Waals surface area contributed by atoms with E-state index in [4.69, 9.17) is 9.47 Å². The van der Waals surface area contributed by atoms with Gasteiger partial charge in [-0.3, -0.25) is 14.4 Å². The highest BCUT2D eigenvalue weighted by Gasteiger charge is 2.70. The molecule has 1 spiro atoms. The van der Waals surface area contributed by atoms with Crippen molar-refractivity contribution < 1.29 is 23.9 Å². The summed E-state index contributed by atoms with van der Waals surface area (Å²) < 4.78 is 10.9. The number of ether oxygens (including phenoxy) is 2. The summed E-state index contributed by atoms with van der Waals surface area (Å²) in [6.45, 7) is 0. The summed E-state index contributed by atoms with van der Waals surface area (Å²) in [6.07, 6.45) is 3.81. The number of rotatable bonds is 6. The molecule has 4 atom stereocenters. The molecule has 0 unspecified atom stereocenters. The number of para-hydroxylation sites is 1. The fourth-order valence-electron chi connectivity index (χ4n) is 7.11. The number of methoxy groups -OCH3 is 2. The van der Waals surface area contributed by atoms with Gasteiger partial charge in [0.25, 0.3) is 0 Å². The largest absolute Gasteiger partial charge is 0.493 e. The van der Waals surface area contributed by atoms with Crippen molar-refractivity contribution in [2.24, 2.45) is 5.92 Å². The number of hydrogen-bond donors (Lipinski definition) is 1. The lowest BCUT2D eigenvalue weighted by molar-refractivity contribution is -0.122. The Labute approximate surface area is 243 Å². The SMILES string of the molecule is COc1ccc(C(=O)[C@@H]2[C@@H](C(=O)c3ccccc3)[C@@]3(C(=O)Nc4ccccc43)[C@H]3c4ccccc4C=CN23)cc1OC. The van der Waals surface area contributed by atoms with Crippen LogP contribution in [0.5, 0.6) is 11.5 Å². The van der Waals surface area contributed by atoms with Crippen LogP contribution in [0.1, 0.15) is 43.4 Å². The summed E-state index contributed by atoms with van der Waals surface area (Å²) in [5, 5.41) is 3.07. The predicted octanol–water partition coefficient (Wildman–Crippen LogP) is 5.69. The van der Waals surface area contributed by atoms with Crippen LogP contribution in [0, 0.1) is 5.92 Å². The van der Waals surface area contributed by atoms with Crippen LogP contribution in [0.4, 0.5) is 5.69 Å². The molecule has 7 rings (SSSR count). The van der Waals surface area contributed by atoms with E-state index in [1.54, 1.807) is 42.5 Å². The van der Waals surface area contributed by atoms with Crippen LogP contribution < -0.4 is 14.8 Å². The topological polar surface area (TPSA) is 84.9 Å². The van der Waals surface area contributed by atoms with Crippen LogP contribution in [0.15, 0.2) is 103 Å². The van der Waals surface area contributed by atoms with Crippen LogP contribution >= 0.6 is 0 Å². The molecule has 0 saturated carbocycles. The number of ketones is 2. The van der Waals surface area contributed by atoms with Gasteiger partial charge in [0, 0.05) is 23.0 Å². The molecule has 4 aromatic carbocycles. The van der Waals surface area contributed by atoms with Gasteiger partial charge in [-0.05, 0) is 47.0 Å². The molecule has 1 N–H and O–H groups in total. The van der Waals surface area contributed by atoms with Gasteiger partial charge in [-0.25, -0.2) is 0 Å². The Morgan fingerprint density at radius 3 is 2.29 bits per heavy atom. The first kappa shape index (κ1) is 25.8. The van der Waals surface area contributed by atoms with E-state index in [-0.39, 0.29) is 17.5 Å². The van der Waals surface area contributed by atoms with E-state index in [1.807, 2.05) is 71.8 Å². The molecule has 208 valence electrons. The number of nitrogens with zero attached hydrogens (tertiary/aromatic N) is 1. The van der Waals surface area contributed by atoms with E-state index >= 15 is 0 Å². The summed E-state index contributed by atoms with van der Waals surface area (Å²) in [5.74, 6) is -0.981. The van der Waals surface area contributed by atoms with Crippen molar-refractivity contribution in [3.63, 3.8) is 0 Å². The molecule has 3 aliphatic heterocycles. The molecular weight excluding hydrogens is 528 g/mol. The van der Waals surface area contributed by atoms with E-state index < -0.39 is 23.4 Å². The average Bonchev–Trinajstić information content (AvgIpc) is 3.52. The zero-order valence-corrected chi connectivity index (χ0v) is 23.1. The van der Waals surface area contributed by atoms with Crippen LogP contribution in [0.3, 0.4) is 0 Å². The Bertz CT molecular complexity index is 1780. The average molecular weight is 557 g/mol. The number of anilines is 1. The number of Topliss-reactive ketones (excluding diaryl/α,β-unsaturated/α-hetero) is 2. The van der Waals surface area contributed by atoms with Crippen molar-refractivity contribution in [1.82, 2.24) is 4.90 Å². The van der Waals surface area contributed by atoms with Gasteiger partial charge in [-0.1, -0.05) is 72.8 Å². The summed E-state index contributed by atoms with van der Waals surface area (Å²) in [6, 6.07) is 27.7. The molecule has 7 nitrogen and oxygen atoms in total. The zero-order chi connectivity index (χ0) is 29.0. The third-order valence-corrected chi connectivity index (χ3v) is 8.85. The number of hydrogen-bond acceptors (Lipinski definition) is 6. The molecule has 3 aliphatic rings. The number of benzene rings is 4. The molecule has 1 fully saturated rings. The van der Waals surface area contributed by atoms with Crippen molar-refractivity contribution in [3.05, 3.63) is 131 Å². The second kappa shape index (κ2) is 9.73. The lowest BCUT2D eigenvalue weighted by Crippen LogP contribution is -2.49. The smallest absolute Gasteiger partial charge is 0.238 e. The molecule has 0 aliphatic carbocycles. The van der Waals surface area contributed by atoms with Gasteiger partial charge in [0.05, 0.1) is 26.2 Å². The maximum atomic E-state index is 14.8. The summed E-state index contributed by atoms with van der Waals surface area (Å²) in [5.41, 5.74) is 2.63. The first-order chi connectivity index (χ1) is 20.5. The highest BCUT2D eigenvalue weighted by molar-refractivity contribution is 6.16. The standard InChI is InChI=1S/C35H28N2O5/c1-41-27-17-16-23(20-28(27)42-2)32(39)30-29(31(38)22-11-4-3-5-12-22)35(25-14-8-9-15-26(25)36-34(35)40)33-24-13-7-6-10-21(24)18-19-37(30)33/h3-20,29-30,33H,1-2H3,(H,36,40)/t29-,30-,33+,35+/m0/s1. The van der Waals surface area contributed by atoms with Gasteiger partial charge in [0.1, 0.15) is 11.5 Å². The molecule has 1 amide bonds. The minimum Gasteiger partial charge on any atom is -0.493 e. The molecule has 0 aromatic heterocycles. The number of fused-ring (bicyclic) bond motifs is 6. The highest BCUT2D eigenvalue weighted by atomic mass is 16.5. The van der Waals surface area contributed by atoms with Gasteiger partial charge in [-0.15, -0.1) is 0 Å². The van der Waals surface area contributed by atoms with Gasteiger partial charge in [-0.2, -0.15) is 0 Å². The minimum absolute atomic E-state index is 0.262. The number of nitrogens with one attached hydrogen (secondary N) is 1. The Morgan fingerprint density at radius 2 is 1.50 bits per heavy atom. The molecule has 0 radical (unpaired) electrons. The van der Waals surface area contributed by atoms with Gasteiger partial charge in [0.15, 0.2) is 23.1 Å². The van der Waals surface area contributed by atoms with Crippen LogP contribution in [0.2, 0.25) is 0 Å². The van der Waals surface area contributed by atoms with E-state index in [0.717, 1.165) is 11.1 Å². The molecule has 3 heterocycles. The fraction of sp³-hybridized carbons (Fsp3) is 0.171. The van der Waals surface area contributed by atoms with Crippen molar-refractivity contribution in [2.45, 2.75) is 17.5 Å². The van der Waals surface area contributed by atoms with Crippen molar-refractivity contribution >= 4 is 29.2 Å². The van der Waals surface area contributed by atoms with Crippen molar-refractivity contribution in [2.75, 3.05) is 19.5 Å². The minimum atomic E-state index is -1.37. The van der Waals surface area contributed by atoms with Gasteiger partial charge < -0.3 is 19.7 Å². The zero-order valence-electron chi connectivity index (χ0n) is 23.1. The highest BCUT2D eigenvalue weighted by Crippen LogP contribution is 2.62. The number of carbonyl (C=O) groups excluding carboxylic acids is 3. The molecule has 4 aromatic rings. The summed E-state index contributed by atoms with van der Waals surface area (Å²) in [4.78, 5) is 45.9. The quantitative estimate of drug-likeness (QED) is 0.308. The maximum Gasteiger partial charge on any atom is 0.238 e. The van der Waals surface area contributed by atoms with Crippen molar-refractivity contribution in [1.29, 1.82) is 0 Å². The predicted molar refractivity (Wildman–Crippen MR) is 159 cm³/mol. The van der Waals surface area contributed by atoms with Crippen molar-refractivity contribution in [3.8, 4) is 11.5 Å². The lowest BCUT2D eigenvalue weighted by Gasteiger charge is -2.38. The third-order valence-electron chi connectivity index (χ3n) is 8.85. The Kier molecular flexibility index (Phi) is 5.97. The van der Waals surface area contributed by atoms with E-state index in [0.29, 0.717) is 33.9 Å². The Balaban J connectivity index is 1.52. The maximum absolute atomic E-state index is 14.8. The lowest BCUT2D eigenvalue weighted by atomic mass is 9.62. The summed E-state index contributed by atoms with van der Waals surface area (Å²) >= 11 is 0. The number of carbonyl (C=O) groups is 3. The second-order valence-corrected chi connectivity index (χ2v) is 10.7. The van der Waals surface area contributed by atoms with Crippen LogP contribution in [-0.4, -0.2) is 42.6 Å². The van der Waals surface area contributed by atoms with E-state index in [2.05, 4.69) is 5.32 Å². The molecule has 1 saturated heterocycles. The normalized spacial score (nSPS) is 23.1. The van der Waals surface area contributed by atoms with Gasteiger partial charge >= 0.3 is 0 Å². The summed E-state index contributed by atoms with van der Waals surface area (Å²) in [7, 11) is 3.05. The monoisotopic (exact) mass is 556 g/mol. The molecule has 7 heteroatoms. The fourth-order valence-corrected chi connectivity index (χ4v) is 7.11. The Hall–Kier alpha value is -5.17. The Morgan fingerprint density at radius 1 is 0.786 bits per heavy atom. The second-order valence-electron chi connectivity index (χ2n) is 10.7.